The number of nitrogens with zero attached hydrogens (tertiary/aromatic N) is 4. The maximum atomic E-state index is 5.65. The number of aromatic nitrogens is 3. The average Bonchev–Trinajstić information content (AvgIpc) is 2.29. The first kappa shape index (κ1) is 11.2. The number of nitrogens with two attached hydrogens (primary N) is 1. The fourth-order valence-electron chi connectivity index (χ4n) is 1.77. The molecule has 2 rings (SSSR count). The van der Waals surface area contributed by atoms with Gasteiger partial charge in [0.1, 0.15) is 12.4 Å². The molecule has 0 aliphatic carbocycles. The molecule has 1 aliphatic rings. The number of hydrogen-bond donors (Lipinski definition) is 1. The van der Waals surface area contributed by atoms with Gasteiger partial charge in [0.25, 0.3) is 0 Å². The Morgan fingerprint density at radius 2 is 2.31 bits per heavy atom. The van der Waals surface area contributed by atoms with Crippen LogP contribution in [0.5, 0.6) is 0 Å². The van der Waals surface area contributed by atoms with E-state index >= 15 is 0 Å². The van der Waals surface area contributed by atoms with E-state index in [1.54, 1.807) is 0 Å². The molecule has 1 aliphatic heterocycles. The molecular formula is C10H17N5O. The molecule has 0 aromatic carbocycles. The topological polar surface area (TPSA) is 77.2 Å². The van der Waals surface area contributed by atoms with Crippen molar-refractivity contribution in [1.82, 2.24) is 19.9 Å². The molecule has 1 unspecified atom stereocenters. The molecule has 1 atom stereocenters. The Kier molecular flexibility index (Phi) is 3.31. The molecule has 1 aromatic rings. The molecule has 1 aromatic heterocycles. The molecule has 6 nitrogen and oxygen atoms in total. The van der Waals surface area contributed by atoms with Crippen molar-refractivity contribution < 1.29 is 4.74 Å². The maximum Gasteiger partial charge on any atom is 0.223 e. The largest absolute Gasteiger partial charge is 0.368 e. The summed E-state index contributed by atoms with van der Waals surface area (Å²) < 4.78 is 5.65. The molecule has 0 bridgehead atoms. The third-order valence-corrected chi connectivity index (χ3v) is 2.73. The van der Waals surface area contributed by atoms with Gasteiger partial charge in [0, 0.05) is 19.1 Å². The van der Waals surface area contributed by atoms with E-state index < -0.39 is 0 Å². The Morgan fingerprint density at radius 1 is 1.50 bits per heavy atom. The third-order valence-electron chi connectivity index (χ3n) is 2.73. The minimum Gasteiger partial charge on any atom is -0.368 e. The molecule has 0 radical (unpaired) electrons. The van der Waals surface area contributed by atoms with Crippen LogP contribution in [0.15, 0.2) is 6.33 Å². The van der Waals surface area contributed by atoms with Gasteiger partial charge in [-0.05, 0) is 13.8 Å². The molecule has 0 saturated carbocycles. The first-order valence-corrected chi connectivity index (χ1v) is 5.47. The van der Waals surface area contributed by atoms with Gasteiger partial charge in [0.2, 0.25) is 5.95 Å². The van der Waals surface area contributed by atoms with Crippen molar-refractivity contribution in [1.29, 1.82) is 0 Å². The SMILES string of the molecule is CC(C)N1CCOC(c2ncnc(N)n2)C1. The smallest absolute Gasteiger partial charge is 0.223 e. The standard InChI is InChI=1S/C10H17N5O/c1-7(2)15-3-4-16-8(5-15)9-12-6-13-10(11)14-9/h6-8H,3-5H2,1-2H3,(H2,11,12,13,14). The Hall–Kier alpha value is -1.27. The second kappa shape index (κ2) is 4.71. The van der Waals surface area contributed by atoms with Crippen molar-refractivity contribution >= 4 is 5.95 Å². The van der Waals surface area contributed by atoms with Crippen molar-refractivity contribution in [2.24, 2.45) is 0 Å². The zero-order valence-electron chi connectivity index (χ0n) is 9.63. The van der Waals surface area contributed by atoms with E-state index in [-0.39, 0.29) is 12.1 Å². The number of rotatable bonds is 2. The van der Waals surface area contributed by atoms with Crippen LogP contribution in [0.2, 0.25) is 0 Å². The number of anilines is 1. The number of nitrogen functional groups attached to an aromatic ring is 1. The maximum absolute atomic E-state index is 5.65. The van der Waals surface area contributed by atoms with Gasteiger partial charge in [-0.2, -0.15) is 4.98 Å². The van der Waals surface area contributed by atoms with Gasteiger partial charge in [-0.25, -0.2) is 9.97 Å². The fraction of sp³-hybridized carbons (Fsp3) is 0.700. The van der Waals surface area contributed by atoms with Gasteiger partial charge >= 0.3 is 0 Å². The van der Waals surface area contributed by atoms with Crippen molar-refractivity contribution in [3.63, 3.8) is 0 Å². The minimum atomic E-state index is -0.0959. The lowest BCUT2D eigenvalue weighted by Gasteiger charge is -2.34. The van der Waals surface area contributed by atoms with Crippen LogP contribution in [0, 0.1) is 0 Å². The molecular weight excluding hydrogens is 206 g/mol. The third kappa shape index (κ3) is 2.45. The summed E-state index contributed by atoms with van der Waals surface area (Å²) in [4.78, 5) is 14.3. The lowest BCUT2D eigenvalue weighted by Crippen LogP contribution is -2.42. The van der Waals surface area contributed by atoms with Crippen molar-refractivity contribution in [3.8, 4) is 0 Å². The first-order valence-electron chi connectivity index (χ1n) is 5.47. The molecule has 1 fully saturated rings. The Balaban J connectivity index is 2.09. The van der Waals surface area contributed by atoms with Crippen LogP contribution >= 0.6 is 0 Å². The Labute approximate surface area is 94.9 Å². The predicted octanol–water partition coefficient (Wildman–Crippen LogP) is 0.235. The van der Waals surface area contributed by atoms with Gasteiger partial charge in [-0.1, -0.05) is 0 Å². The highest BCUT2D eigenvalue weighted by molar-refractivity contribution is 5.13. The average molecular weight is 223 g/mol. The van der Waals surface area contributed by atoms with E-state index in [0.717, 1.165) is 13.1 Å². The van der Waals surface area contributed by atoms with Crippen LogP contribution in [0.3, 0.4) is 0 Å². The summed E-state index contributed by atoms with van der Waals surface area (Å²) in [6.07, 6.45) is 1.33. The number of hydrogen-bond acceptors (Lipinski definition) is 6. The molecule has 6 heteroatoms. The zero-order valence-corrected chi connectivity index (χ0v) is 9.63. The second-order valence-corrected chi connectivity index (χ2v) is 4.15. The van der Waals surface area contributed by atoms with Crippen LogP contribution in [0.1, 0.15) is 25.8 Å². The zero-order chi connectivity index (χ0) is 11.5. The minimum absolute atomic E-state index is 0.0959. The van der Waals surface area contributed by atoms with Gasteiger partial charge < -0.3 is 10.5 Å². The highest BCUT2D eigenvalue weighted by Crippen LogP contribution is 2.20. The summed E-state index contributed by atoms with van der Waals surface area (Å²) in [6, 6.07) is 0.505. The summed E-state index contributed by atoms with van der Waals surface area (Å²) in [5.41, 5.74) is 5.53. The van der Waals surface area contributed by atoms with E-state index in [1.165, 1.54) is 6.33 Å². The number of ether oxygens (including phenoxy) is 1. The van der Waals surface area contributed by atoms with Crippen LogP contribution in [0.4, 0.5) is 5.95 Å². The summed E-state index contributed by atoms with van der Waals surface area (Å²) in [5.74, 6) is 0.869. The number of morpholine rings is 1. The summed E-state index contributed by atoms with van der Waals surface area (Å²) in [7, 11) is 0. The summed E-state index contributed by atoms with van der Waals surface area (Å²) >= 11 is 0. The van der Waals surface area contributed by atoms with Gasteiger partial charge in [-0.3, -0.25) is 4.90 Å². The second-order valence-electron chi connectivity index (χ2n) is 4.15. The lowest BCUT2D eigenvalue weighted by atomic mass is 10.2. The van der Waals surface area contributed by atoms with E-state index in [9.17, 15) is 0 Å². The highest BCUT2D eigenvalue weighted by atomic mass is 16.5. The predicted molar refractivity (Wildman–Crippen MR) is 59.6 cm³/mol. The van der Waals surface area contributed by atoms with Crippen molar-refractivity contribution in [3.05, 3.63) is 12.2 Å². The Morgan fingerprint density at radius 3 is 3.00 bits per heavy atom. The molecule has 2 heterocycles. The molecule has 1 saturated heterocycles. The molecule has 2 N–H and O–H groups in total. The van der Waals surface area contributed by atoms with Crippen molar-refractivity contribution in [2.45, 2.75) is 26.0 Å². The lowest BCUT2D eigenvalue weighted by molar-refractivity contribution is -0.0443. The quantitative estimate of drug-likeness (QED) is 0.773. The van der Waals surface area contributed by atoms with E-state index in [2.05, 4.69) is 33.7 Å². The Bertz CT molecular complexity index is 357. The first-order chi connectivity index (χ1) is 7.66. The fourth-order valence-corrected chi connectivity index (χ4v) is 1.77. The monoisotopic (exact) mass is 223 g/mol. The van der Waals surface area contributed by atoms with E-state index in [1.807, 2.05) is 0 Å². The van der Waals surface area contributed by atoms with Gasteiger partial charge in [0.05, 0.1) is 6.61 Å². The summed E-state index contributed by atoms with van der Waals surface area (Å²) in [6.45, 7) is 6.80. The van der Waals surface area contributed by atoms with Gasteiger partial charge in [0.15, 0.2) is 5.82 Å². The van der Waals surface area contributed by atoms with Gasteiger partial charge in [-0.15, -0.1) is 0 Å². The van der Waals surface area contributed by atoms with Crippen LogP contribution < -0.4 is 5.73 Å². The molecule has 88 valence electrons. The normalized spacial score (nSPS) is 22.6. The molecule has 0 amide bonds. The van der Waals surface area contributed by atoms with Crippen LogP contribution in [-0.4, -0.2) is 45.6 Å². The molecule has 0 spiro atoms. The summed E-state index contributed by atoms with van der Waals surface area (Å²) in [5, 5.41) is 0. The van der Waals surface area contributed by atoms with Crippen LogP contribution in [0.25, 0.3) is 0 Å². The van der Waals surface area contributed by atoms with Crippen molar-refractivity contribution in [2.75, 3.05) is 25.4 Å². The van der Waals surface area contributed by atoms with E-state index in [4.69, 9.17) is 10.5 Å². The molecule has 16 heavy (non-hydrogen) atoms. The van der Waals surface area contributed by atoms with Crippen LogP contribution in [-0.2, 0) is 4.74 Å². The van der Waals surface area contributed by atoms with E-state index in [0.29, 0.717) is 18.5 Å². The highest BCUT2D eigenvalue weighted by Gasteiger charge is 2.25.